The lowest BCUT2D eigenvalue weighted by molar-refractivity contribution is 0.0378. The number of ether oxygens (including phenoxy) is 2. The second-order valence-corrected chi connectivity index (χ2v) is 5.40. The molecule has 1 rings (SSSR count). The van der Waals surface area contributed by atoms with Gasteiger partial charge in [-0.25, -0.2) is 9.59 Å². The average Bonchev–Trinajstić information content (AvgIpc) is 2.65. The SMILES string of the molecule is CCCc1c(C(=O)OC)sc(N)c1C(=O)OC(C)C. The molecule has 0 saturated carbocycles. The van der Waals surface area contributed by atoms with Gasteiger partial charge in [0, 0.05) is 0 Å². The fourth-order valence-electron chi connectivity index (χ4n) is 1.73. The number of hydrogen-bond acceptors (Lipinski definition) is 6. The van der Waals surface area contributed by atoms with Gasteiger partial charge >= 0.3 is 11.9 Å². The van der Waals surface area contributed by atoms with E-state index < -0.39 is 11.9 Å². The summed E-state index contributed by atoms with van der Waals surface area (Å²) in [5.74, 6) is -0.953. The Balaban J connectivity index is 3.26. The van der Waals surface area contributed by atoms with E-state index in [0.29, 0.717) is 27.4 Å². The van der Waals surface area contributed by atoms with E-state index in [1.807, 2.05) is 6.92 Å². The smallest absolute Gasteiger partial charge is 0.348 e. The summed E-state index contributed by atoms with van der Waals surface area (Å²) in [4.78, 5) is 24.1. The molecule has 0 atom stereocenters. The van der Waals surface area contributed by atoms with Gasteiger partial charge < -0.3 is 15.2 Å². The molecular weight excluding hydrogens is 266 g/mol. The molecule has 1 heterocycles. The van der Waals surface area contributed by atoms with E-state index in [1.54, 1.807) is 13.8 Å². The first kappa shape index (κ1) is 15.5. The van der Waals surface area contributed by atoms with Gasteiger partial charge in [-0.1, -0.05) is 13.3 Å². The number of anilines is 1. The number of hydrogen-bond donors (Lipinski definition) is 1. The molecule has 2 N–H and O–H groups in total. The van der Waals surface area contributed by atoms with Gasteiger partial charge in [-0.05, 0) is 25.8 Å². The predicted octanol–water partition coefficient (Wildman–Crippen LogP) is 2.63. The summed E-state index contributed by atoms with van der Waals surface area (Å²) < 4.78 is 9.88. The zero-order chi connectivity index (χ0) is 14.6. The third-order valence-electron chi connectivity index (χ3n) is 2.45. The average molecular weight is 285 g/mol. The van der Waals surface area contributed by atoms with Crippen LogP contribution in [0, 0.1) is 0 Å². The van der Waals surface area contributed by atoms with Gasteiger partial charge in [0.1, 0.15) is 9.88 Å². The summed E-state index contributed by atoms with van der Waals surface area (Å²) in [5, 5.41) is 0.300. The van der Waals surface area contributed by atoms with Crippen molar-refractivity contribution in [1.29, 1.82) is 0 Å². The quantitative estimate of drug-likeness (QED) is 0.841. The van der Waals surface area contributed by atoms with Crippen molar-refractivity contribution in [1.82, 2.24) is 0 Å². The maximum Gasteiger partial charge on any atom is 0.348 e. The minimum absolute atomic E-state index is 0.233. The highest BCUT2D eigenvalue weighted by molar-refractivity contribution is 7.18. The van der Waals surface area contributed by atoms with Crippen LogP contribution in [0.15, 0.2) is 0 Å². The number of rotatable bonds is 5. The summed E-state index contributed by atoms with van der Waals surface area (Å²) in [6, 6.07) is 0. The van der Waals surface area contributed by atoms with Crippen LogP contribution in [0.1, 0.15) is 52.8 Å². The number of carbonyl (C=O) groups is 2. The summed E-state index contributed by atoms with van der Waals surface area (Å²) in [6.45, 7) is 5.49. The third-order valence-corrected chi connectivity index (χ3v) is 3.49. The highest BCUT2D eigenvalue weighted by Crippen LogP contribution is 2.33. The molecule has 106 valence electrons. The predicted molar refractivity (Wildman–Crippen MR) is 74.6 cm³/mol. The molecule has 0 radical (unpaired) electrons. The Kier molecular flexibility index (Phi) is 5.35. The highest BCUT2D eigenvalue weighted by Gasteiger charge is 2.27. The van der Waals surface area contributed by atoms with Gasteiger partial charge in [0.25, 0.3) is 0 Å². The summed E-state index contributed by atoms with van der Waals surface area (Å²) in [7, 11) is 1.31. The van der Waals surface area contributed by atoms with Gasteiger partial charge in [0.05, 0.1) is 18.8 Å². The van der Waals surface area contributed by atoms with E-state index in [9.17, 15) is 9.59 Å². The monoisotopic (exact) mass is 285 g/mol. The van der Waals surface area contributed by atoms with Crippen LogP contribution in [0.2, 0.25) is 0 Å². The second kappa shape index (κ2) is 6.56. The van der Waals surface area contributed by atoms with Crippen LogP contribution in [0.25, 0.3) is 0 Å². The number of carbonyl (C=O) groups excluding carboxylic acids is 2. The first-order valence-corrected chi connectivity index (χ1v) is 6.94. The Hall–Kier alpha value is -1.56. The molecule has 0 saturated heterocycles. The van der Waals surface area contributed by atoms with Crippen molar-refractivity contribution in [2.75, 3.05) is 12.8 Å². The Labute approximate surface area is 116 Å². The molecule has 1 aromatic heterocycles. The summed E-state index contributed by atoms with van der Waals surface area (Å²) in [6.07, 6.45) is 1.14. The van der Waals surface area contributed by atoms with E-state index in [2.05, 4.69) is 0 Å². The number of thiophene rings is 1. The Morgan fingerprint density at radius 3 is 2.42 bits per heavy atom. The minimum Gasteiger partial charge on any atom is -0.465 e. The van der Waals surface area contributed by atoms with Crippen molar-refractivity contribution in [3.05, 3.63) is 16.0 Å². The topological polar surface area (TPSA) is 78.6 Å². The molecule has 0 aliphatic heterocycles. The lowest BCUT2D eigenvalue weighted by Gasteiger charge is -2.09. The van der Waals surface area contributed by atoms with E-state index in [1.165, 1.54) is 7.11 Å². The van der Waals surface area contributed by atoms with Crippen molar-refractivity contribution in [2.45, 2.75) is 39.7 Å². The first-order valence-electron chi connectivity index (χ1n) is 6.12. The zero-order valence-corrected chi connectivity index (χ0v) is 12.4. The van der Waals surface area contributed by atoms with Crippen molar-refractivity contribution in [2.24, 2.45) is 0 Å². The van der Waals surface area contributed by atoms with Gasteiger partial charge in [-0.3, -0.25) is 0 Å². The molecule has 0 aliphatic rings. The molecule has 1 aromatic rings. The number of esters is 2. The molecule has 0 aliphatic carbocycles. The molecular formula is C13H19NO4S. The lowest BCUT2D eigenvalue weighted by atomic mass is 10.1. The maximum absolute atomic E-state index is 12.0. The molecule has 0 bridgehead atoms. The van der Waals surface area contributed by atoms with E-state index in [4.69, 9.17) is 15.2 Å². The van der Waals surface area contributed by atoms with Gasteiger partial charge in [0.2, 0.25) is 0 Å². The lowest BCUT2D eigenvalue weighted by Crippen LogP contribution is -2.14. The fraction of sp³-hybridized carbons (Fsp3) is 0.538. The number of methoxy groups -OCH3 is 1. The van der Waals surface area contributed by atoms with Gasteiger partial charge in [-0.15, -0.1) is 11.3 Å². The van der Waals surface area contributed by atoms with Crippen LogP contribution in [-0.4, -0.2) is 25.2 Å². The van der Waals surface area contributed by atoms with Gasteiger partial charge in [0.15, 0.2) is 0 Å². The largest absolute Gasteiger partial charge is 0.465 e. The van der Waals surface area contributed by atoms with Gasteiger partial charge in [-0.2, -0.15) is 0 Å². The Morgan fingerprint density at radius 2 is 1.95 bits per heavy atom. The third kappa shape index (κ3) is 3.47. The Morgan fingerprint density at radius 1 is 1.32 bits per heavy atom. The van der Waals surface area contributed by atoms with E-state index in [0.717, 1.165) is 17.8 Å². The minimum atomic E-state index is -0.484. The number of nitrogen functional groups attached to an aromatic ring is 1. The molecule has 0 fully saturated rings. The van der Waals surface area contributed by atoms with Crippen molar-refractivity contribution in [3.63, 3.8) is 0 Å². The van der Waals surface area contributed by atoms with Crippen LogP contribution < -0.4 is 5.73 Å². The summed E-state index contributed by atoms with van der Waals surface area (Å²) >= 11 is 1.07. The molecule has 0 amide bonds. The normalized spacial score (nSPS) is 10.6. The standard InChI is InChI=1S/C13H19NO4S/c1-5-6-8-9(12(15)18-7(2)3)11(14)19-10(8)13(16)17-4/h7H,5-6,14H2,1-4H3. The number of nitrogens with two attached hydrogens (primary N) is 1. The molecule has 0 spiro atoms. The van der Waals surface area contributed by atoms with Crippen LogP contribution in [0.5, 0.6) is 0 Å². The van der Waals surface area contributed by atoms with Crippen LogP contribution in [0.4, 0.5) is 5.00 Å². The zero-order valence-electron chi connectivity index (χ0n) is 11.6. The molecule has 5 nitrogen and oxygen atoms in total. The molecule has 6 heteroatoms. The van der Waals surface area contributed by atoms with Crippen LogP contribution in [-0.2, 0) is 15.9 Å². The fourth-order valence-corrected chi connectivity index (χ4v) is 2.75. The Bertz CT molecular complexity index is 479. The van der Waals surface area contributed by atoms with Crippen molar-refractivity contribution < 1.29 is 19.1 Å². The highest BCUT2D eigenvalue weighted by atomic mass is 32.1. The summed E-state index contributed by atoms with van der Waals surface area (Å²) in [5.41, 5.74) is 6.79. The first-order chi connectivity index (χ1) is 8.92. The maximum atomic E-state index is 12.0. The van der Waals surface area contributed by atoms with E-state index in [-0.39, 0.29) is 6.10 Å². The second-order valence-electron chi connectivity index (χ2n) is 4.34. The van der Waals surface area contributed by atoms with Crippen molar-refractivity contribution in [3.8, 4) is 0 Å². The van der Waals surface area contributed by atoms with Crippen LogP contribution in [0.3, 0.4) is 0 Å². The molecule has 0 aromatic carbocycles. The van der Waals surface area contributed by atoms with Crippen molar-refractivity contribution >= 4 is 28.3 Å². The molecule has 19 heavy (non-hydrogen) atoms. The van der Waals surface area contributed by atoms with Crippen LogP contribution >= 0.6 is 11.3 Å². The van der Waals surface area contributed by atoms with E-state index >= 15 is 0 Å². The molecule has 0 unspecified atom stereocenters.